The molecule has 0 aliphatic carbocycles. The van der Waals surface area contributed by atoms with Gasteiger partial charge in [0.25, 0.3) is 0 Å². The van der Waals surface area contributed by atoms with Crippen molar-refractivity contribution in [3.8, 4) is 5.75 Å². The Hall–Kier alpha value is -1.07. The summed E-state index contributed by atoms with van der Waals surface area (Å²) in [5.41, 5.74) is 0. The smallest absolute Gasteiger partial charge is 0.348 e. The molecule has 0 amide bonds. The van der Waals surface area contributed by atoms with E-state index in [-0.39, 0.29) is 5.97 Å². The zero-order chi connectivity index (χ0) is 11.7. The SMILES string of the molecule is COC(=O)c1cc2cc(OC)c(Br)cc2s1. The van der Waals surface area contributed by atoms with E-state index in [4.69, 9.17) is 4.74 Å². The summed E-state index contributed by atoms with van der Waals surface area (Å²) in [4.78, 5) is 12.0. The fraction of sp³-hybridized carbons (Fsp3) is 0.182. The van der Waals surface area contributed by atoms with E-state index in [0.717, 1.165) is 20.3 Å². The Bertz CT molecular complexity index is 547. The van der Waals surface area contributed by atoms with Crippen molar-refractivity contribution in [1.29, 1.82) is 0 Å². The minimum atomic E-state index is -0.309. The van der Waals surface area contributed by atoms with E-state index in [1.807, 2.05) is 12.1 Å². The van der Waals surface area contributed by atoms with Crippen LogP contribution in [0.15, 0.2) is 22.7 Å². The van der Waals surface area contributed by atoms with Gasteiger partial charge < -0.3 is 9.47 Å². The van der Waals surface area contributed by atoms with Crippen molar-refractivity contribution in [3.05, 3.63) is 27.5 Å². The first-order valence-electron chi connectivity index (χ1n) is 4.51. The summed E-state index contributed by atoms with van der Waals surface area (Å²) in [6.45, 7) is 0. The van der Waals surface area contributed by atoms with E-state index in [9.17, 15) is 4.79 Å². The second-order valence-electron chi connectivity index (χ2n) is 3.13. The standard InChI is InChI=1S/C11H9BrO3S/c1-14-8-3-6-4-10(11(13)15-2)16-9(6)5-7(8)12/h3-5H,1-2H3. The summed E-state index contributed by atoms with van der Waals surface area (Å²) < 4.78 is 11.8. The number of halogens is 1. The van der Waals surface area contributed by atoms with Gasteiger partial charge in [-0.2, -0.15) is 0 Å². The monoisotopic (exact) mass is 300 g/mol. The predicted molar refractivity (Wildman–Crippen MR) is 67.4 cm³/mol. The van der Waals surface area contributed by atoms with E-state index in [0.29, 0.717) is 4.88 Å². The Kier molecular flexibility index (Phi) is 3.16. The molecule has 0 unspecified atom stereocenters. The highest BCUT2D eigenvalue weighted by molar-refractivity contribution is 9.10. The Balaban J connectivity index is 2.58. The molecular formula is C11H9BrO3S. The molecule has 0 fully saturated rings. The fourth-order valence-corrected chi connectivity index (χ4v) is 3.06. The third-order valence-electron chi connectivity index (χ3n) is 2.18. The lowest BCUT2D eigenvalue weighted by molar-refractivity contribution is 0.0606. The van der Waals surface area contributed by atoms with Crippen molar-refractivity contribution < 1.29 is 14.3 Å². The summed E-state index contributed by atoms with van der Waals surface area (Å²) in [5, 5.41) is 0.977. The fourth-order valence-electron chi connectivity index (χ4n) is 1.40. The number of esters is 1. The van der Waals surface area contributed by atoms with Crippen molar-refractivity contribution in [1.82, 2.24) is 0 Å². The molecule has 1 aromatic heterocycles. The first-order chi connectivity index (χ1) is 7.65. The van der Waals surface area contributed by atoms with Gasteiger partial charge in [0.1, 0.15) is 10.6 Å². The molecule has 0 bridgehead atoms. The van der Waals surface area contributed by atoms with Crippen molar-refractivity contribution in [2.24, 2.45) is 0 Å². The summed E-state index contributed by atoms with van der Waals surface area (Å²) in [6, 6.07) is 5.63. The Morgan fingerprint density at radius 2 is 2.06 bits per heavy atom. The van der Waals surface area contributed by atoms with Gasteiger partial charge in [0.2, 0.25) is 0 Å². The van der Waals surface area contributed by atoms with Crippen LogP contribution in [0.4, 0.5) is 0 Å². The van der Waals surface area contributed by atoms with Crippen LogP contribution in [-0.4, -0.2) is 20.2 Å². The van der Waals surface area contributed by atoms with E-state index in [1.165, 1.54) is 18.4 Å². The molecular weight excluding hydrogens is 292 g/mol. The highest BCUT2D eigenvalue weighted by Crippen LogP contribution is 2.34. The molecule has 0 spiro atoms. The molecule has 0 radical (unpaired) electrons. The highest BCUT2D eigenvalue weighted by atomic mass is 79.9. The van der Waals surface area contributed by atoms with Crippen LogP contribution in [0.1, 0.15) is 9.67 Å². The van der Waals surface area contributed by atoms with Crippen molar-refractivity contribution in [2.75, 3.05) is 14.2 Å². The minimum absolute atomic E-state index is 0.309. The quantitative estimate of drug-likeness (QED) is 0.797. The predicted octanol–water partition coefficient (Wildman–Crippen LogP) is 3.46. The maximum atomic E-state index is 11.4. The molecule has 0 N–H and O–H groups in total. The van der Waals surface area contributed by atoms with Gasteiger partial charge >= 0.3 is 5.97 Å². The maximum absolute atomic E-state index is 11.4. The molecule has 0 saturated carbocycles. The van der Waals surface area contributed by atoms with Crippen LogP contribution in [0.2, 0.25) is 0 Å². The minimum Gasteiger partial charge on any atom is -0.496 e. The van der Waals surface area contributed by atoms with Crippen LogP contribution < -0.4 is 4.74 Å². The zero-order valence-electron chi connectivity index (χ0n) is 8.74. The van der Waals surface area contributed by atoms with E-state index < -0.39 is 0 Å². The summed E-state index contributed by atoms with van der Waals surface area (Å²) in [7, 11) is 2.99. The lowest BCUT2D eigenvalue weighted by atomic mass is 10.2. The molecule has 5 heteroatoms. The number of fused-ring (bicyclic) bond motifs is 1. The van der Waals surface area contributed by atoms with Crippen molar-refractivity contribution in [3.63, 3.8) is 0 Å². The average Bonchev–Trinajstić information content (AvgIpc) is 2.69. The van der Waals surface area contributed by atoms with Gasteiger partial charge in [-0.1, -0.05) is 0 Å². The number of thiophene rings is 1. The molecule has 0 atom stereocenters. The molecule has 2 aromatic rings. The van der Waals surface area contributed by atoms with Gasteiger partial charge in [-0.05, 0) is 39.5 Å². The average molecular weight is 301 g/mol. The van der Waals surface area contributed by atoms with Gasteiger partial charge in [-0.25, -0.2) is 4.79 Å². The Labute approximate surface area is 105 Å². The van der Waals surface area contributed by atoms with Crippen molar-refractivity contribution >= 4 is 43.3 Å². The second-order valence-corrected chi connectivity index (χ2v) is 5.06. The van der Waals surface area contributed by atoms with Gasteiger partial charge in [0.05, 0.1) is 18.7 Å². The highest BCUT2D eigenvalue weighted by Gasteiger charge is 2.12. The molecule has 1 heterocycles. The van der Waals surface area contributed by atoms with E-state index in [2.05, 4.69) is 20.7 Å². The number of methoxy groups -OCH3 is 2. The summed E-state index contributed by atoms with van der Waals surface area (Å²) >= 11 is 4.81. The number of rotatable bonds is 2. The first-order valence-corrected chi connectivity index (χ1v) is 6.12. The molecule has 3 nitrogen and oxygen atoms in total. The van der Waals surface area contributed by atoms with E-state index >= 15 is 0 Å². The third-order valence-corrected chi connectivity index (χ3v) is 3.87. The van der Waals surface area contributed by atoms with E-state index in [1.54, 1.807) is 13.2 Å². The normalized spacial score (nSPS) is 10.4. The van der Waals surface area contributed by atoms with Crippen LogP contribution in [0.5, 0.6) is 5.75 Å². The lowest BCUT2D eigenvalue weighted by Crippen LogP contribution is -1.96. The Morgan fingerprint density at radius 1 is 1.31 bits per heavy atom. The molecule has 84 valence electrons. The van der Waals surface area contributed by atoms with Crippen LogP contribution in [-0.2, 0) is 4.74 Å². The topological polar surface area (TPSA) is 35.5 Å². The molecule has 1 aromatic carbocycles. The number of benzene rings is 1. The van der Waals surface area contributed by atoms with Crippen molar-refractivity contribution in [2.45, 2.75) is 0 Å². The largest absolute Gasteiger partial charge is 0.496 e. The van der Waals surface area contributed by atoms with Gasteiger partial charge in [0.15, 0.2) is 0 Å². The number of hydrogen-bond acceptors (Lipinski definition) is 4. The zero-order valence-corrected chi connectivity index (χ0v) is 11.1. The van der Waals surface area contributed by atoms with Crippen LogP contribution in [0, 0.1) is 0 Å². The number of carbonyl (C=O) groups excluding carboxylic acids is 1. The molecule has 16 heavy (non-hydrogen) atoms. The van der Waals surface area contributed by atoms with Crippen LogP contribution >= 0.6 is 27.3 Å². The Morgan fingerprint density at radius 3 is 2.69 bits per heavy atom. The van der Waals surface area contributed by atoms with Gasteiger partial charge in [-0.15, -0.1) is 11.3 Å². The van der Waals surface area contributed by atoms with Gasteiger partial charge in [0, 0.05) is 4.70 Å². The number of ether oxygens (including phenoxy) is 2. The van der Waals surface area contributed by atoms with Crippen LogP contribution in [0.25, 0.3) is 10.1 Å². The lowest BCUT2D eigenvalue weighted by Gasteiger charge is -2.01. The third kappa shape index (κ3) is 1.92. The number of carbonyl (C=O) groups is 1. The second kappa shape index (κ2) is 4.43. The molecule has 2 rings (SSSR count). The molecule has 0 saturated heterocycles. The van der Waals surface area contributed by atoms with Crippen LogP contribution in [0.3, 0.4) is 0 Å². The molecule has 0 aliphatic heterocycles. The summed E-state index contributed by atoms with van der Waals surface area (Å²) in [6.07, 6.45) is 0. The first kappa shape index (κ1) is 11.4. The van der Waals surface area contributed by atoms with Gasteiger partial charge in [-0.3, -0.25) is 0 Å². The molecule has 0 aliphatic rings. The number of hydrogen-bond donors (Lipinski definition) is 0. The maximum Gasteiger partial charge on any atom is 0.348 e. The summed E-state index contributed by atoms with van der Waals surface area (Å²) in [5.74, 6) is 0.443.